The third-order valence-corrected chi connectivity index (χ3v) is 4.38. The standard InChI is InChI=1S/C16H25NO/c1-12(2)15-8-7-13(3)10-16(15,18)11-14-6-4-5-9-17-14/h4-6,9,12-13,15,18H,7-8,10-11H2,1-3H3. The van der Waals surface area contributed by atoms with Gasteiger partial charge in [-0.2, -0.15) is 0 Å². The molecule has 1 fully saturated rings. The molecule has 18 heavy (non-hydrogen) atoms. The van der Waals surface area contributed by atoms with Crippen LogP contribution in [0.1, 0.15) is 45.7 Å². The van der Waals surface area contributed by atoms with E-state index in [1.54, 1.807) is 0 Å². The second-order valence-corrected chi connectivity index (χ2v) is 6.34. The van der Waals surface area contributed by atoms with Crippen molar-refractivity contribution >= 4 is 0 Å². The van der Waals surface area contributed by atoms with Crippen molar-refractivity contribution in [2.45, 2.75) is 52.1 Å². The van der Waals surface area contributed by atoms with Crippen LogP contribution in [0.15, 0.2) is 24.4 Å². The highest BCUT2D eigenvalue weighted by Gasteiger charge is 2.42. The summed E-state index contributed by atoms with van der Waals surface area (Å²) >= 11 is 0. The van der Waals surface area contributed by atoms with Gasteiger partial charge in [0.05, 0.1) is 5.60 Å². The summed E-state index contributed by atoms with van der Waals surface area (Å²) in [5, 5.41) is 11.1. The summed E-state index contributed by atoms with van der Waals surface area (Å²) < 4.78 is 0. The van der Waals surface area contributed by atoms with Crippen molar-refractivity contribution in [1.82, 2.24) is 4.98 Å². The lowest BCUT2D eigenvalue weighted by molar-refractivity contribution is -0.0800. The highest BCUT2D eigenvalue weighted by molar-refractivity contribution is 5.09. The molecule has 1 aromatic rings. The molecule has 0 amide bonds. The molecule has 1 heterocycles. The molecule has 3 atom stereocenters. The van der Waals surface area contributed by atoms with Crippen LogP contribution in [0.5, 0.6) is 0 Å². The molecule has 0 aliphatic heterocycles. The van der Waals surface area contributed by atoms with Gasteiger partial charge in [-0.25, -0.2) is 0 Å². The van der Waals surface area contributed by atoms with Gasteiger partial charge in [0.25, 0.3) is 0 Å². The van der Waals surface area contributed by atoms with Crippen LogP contribution in [0.2, 0.25) is 0 Å². The smallest absolute Gasteiger partial charge is 0.0736 e. The van der Waals surface area contributed by atoms with Crippen LogP contribution in [-0.2, 0) is 6.42 Å². The highest BCUT2D eigenvalue weighted by atomic mass is 16.3. The first-order chi connectivity index (χ1) is 8.51. The fourth-order valence-corrected chi connectivity index (χ4v) is 3.56. The number of hydrogen-bond acceptors (Lipinski definition) is 2. The number of nitrogens with zero attached hydrogens (tertiary/aromatic N) is 1. The van der Waals surface area contributed by atoms with Gasteiger partial charge >= 0.3 is 0 Å². The van der Waals surface area contributed by atoms with E-state index >= 15 is 0 Å². The van der Waals surface area contributed by atoms with Gasteiger partial charge in [0.2, 0.25) is 0 Å². The summed E-state index contributed by atoms with van der Waals surface area (Å²) in [6.07, 6.45) is 5.80. The summed E-state index contributed by atoms with van der Waals surface area (Å²) in [6, 6.07) is 5.95. The summed E-state index contributed by atoms with van der Waals surface area (Å²) in [7, 11) is 0. The molecule has 1 aromatic heterocycles. The molecule has 1 aliphatic carbocycles. The summed E-state index contributed by atoms with van der Waals surface area (Å²) in [5.41, 5.74) is 0.444. The SMILES string of the molecule is CC1CCC(C(C)C)C(O)(Cc2ccccn2)C1. The minimum Gasteiger partial charge on any atom is -0.389 e. The zero-order valence-corrected chi connectivity index (χ0v) is 11.8. The van der Waals surface area contributed by atoms with E-state index in [9.17, 15) is 5.11 Å². The maximum atomic E-state index is 11.1. The lowest BCUT2D eigenvalue weighted by Gasteiger charge is -2.44. The lowest BCUT2D eigenvalue weighted by atomic mass is 9.65. The van der Waals surface area contributed by atoms with Crippen LogP contribution in [0, 0.1) is 17.8 Å². The van der Waals surface area contributed by atoms with Crippen molar-refractivity contribution in [3.63, 3.8) is 0 Å². The quantitative estimate of drug-likeness (QED) is 0.887. The summed E-state index contributed by atoms with van der Waals surface area (Å²) in [5.74, 6) is 1.55. The Morgan fingerprint density at radius 2 is 2.17 bits per heavy atom. The van der Waals surface area contributed by atoms with Gasteiger partial charge in [0.1, 0.15) is 0 Å². The summed E-state index contributed by atoms with van der Waals surface area (Å²) in [4.78, 5) is 4.38. The molecule has 2 rings (SSSR count). The third kappa shape index (κ3) is 2.92. The fourth-order valence-electron chi connectivity index (χ4n) is 3.56. The molecule has 1 aliphatic rings. The average Bonchev–Trinajstić information content (AvgIpc) is 2.28. The predicted molar refractivity (Wildman–Crippen MR) is 74.2 cm³/mol. The molecule has 1 N–H and O–H groups in total. The predicted octanol–water partition coefficient (Wildman–Crippen LogP) is 3.45. The van der Waals surface area contributed by atoms with Gasteiger partial charge in [0.15, 0.2) is 0 Å². The maximum Gasteiger partial charge on any atom is 0.0736 e. The van der Waals surface area contributed by atoms with E-state index in [1.165, 1.54) is 6.42 Å². The van der Waals surface area contributed by atoms with Crippen molar-refractivity contribution < 1.29 is 5.11 Å². The van der Waals surface area contributed by atoms with E-state index in [2.05, 4.69) is 25.8 Å². The summed E-state index contributed by atoms with van der Waals surface area (Å²) in [6.45, 7) is 6.70. The lowest BCUT2D eigenvalue weighted by Crippen LogP contribution is -2.47. The van der Waals surface area contributed by atoms with E-state index in [0.717, 1.165) is 18.5 Å². The maximum absolute atomic E-state index is 11.1. The van der Waals surface area contributed by atoms with Crippen molar-refractivity contribution in [3.05, 3.63) is 30.1 Å². The van der Waals surface area contributed by atoms with Crippen molar-refractivity contribution in [2.24, 2.45) is 17.8 Å². The van der Waals surface area contributed by atoms with Crippen LogP contribution < -0.4 is 0 Å². The van der Waals surface area contributed by atoms with Gasteiger partial charge in [-0.05, 0) is 42.7 Å². The minimum absolute atomic E-state index is 0.399. The van der Waals surface area contributed by atoms with Gasteiger partial charge in [-0.15, -0.1) is 0 Å². The van der Waals surface area contributed by atoms with E-state index in [0.29, 0.717) is 24.2 Å². The Hall–Kier alpha value is -0.890. The average molecular weight is 247 g/mol. The second kappa shape index (κ2) is 5.40. The first-order valence-electron chi connectivity index (χ1n) is 7.13. The Kier molecular flexibility index (Phi) is 4.06. The Balaban J connectivity index is 2.19. The highest BCUT2D eigenvalue weighted by Crippen LogP contribution is 2.42. The first kappa shape index (κ1) is 13.5. The first-order valence-corrected chi connectivity index (χ1v) is 7.13. The van der Waals surface area contributed by atoms with E-state index in [4.69, 9.17) is 0 Å². The third-order valence-electron chi connectivity index (χ3n) is 4.38. The molecule has 1 saturated carbocycles. The number of pyridine rings is 1. The van der Waals surface area contributed by atoms with Crippen LogP contribution in [0.3, 0.4) is 0 Å². The minimum atomic E-state index is -0.569. The van der Waals surface area contributed by atoms with E-state index in [-0.39, 0.29) is 0 Å². The molecule has 100 valence electrons. The molecule has 2 nitrogen and oxygen atoms in total. The van der Waals surface area contributed by atoms with Crippen LogP contribution in [-0.4, -0.2) is 15.7 Å². The fraction of sp³-hybridized carbons (Fsp3) is 0.688. The second-order valence-electron chi connectivity index (χ2n) is 6.34. The zero-order valence-electron chi connectivity index (χ0n) is 11.8. The van der Waals surface area contributed by atoms with Gasteiger partial charge in [-0.1, -0.05) is 33.3 Å². The number of aliphatic hydroxyl groups is 1. The van der Waals surface area contributed by atoms with Crippen LogP contribution in [0.25, 0.3) is 0 Å². The number of aromatic nitrogens is 1. The van der Waals surface area contributed by atoms with Crippen molar-refractivity contribution in [3.8, 4) is 0 Å². The van der Waals surface area contributed by atoms with Crippen LogP contribution >= 0.6 is 0 Å². The van der Waals surface area contributed by atoms with Crippen LogP contribution in [0.4, 0.5) is 0 Å². The Morgan fingerprint density at radius 3 is 2.78 bits per heavy atom. The van der Waals surface area contributed by atoms with Gasteiger partial charge in [-0.3, -0.25) is 4.98 Å². The van der Waals surface area contributed by atoms with Gasteiger partial charge in [0, 0.05) is 18.3 Å². The number of hydrogen-bond donors (Lipinski definition) is 1. The normalized spacial score (nSPS) is 32.7. The molecular weight excluding hydrogens is 222 g/mol. The zero-order chi connectivity index (χ0) is 13.2. The molecule has 0 aromatic carbocycles. The Labute approximate surface area is 110 Å². The van der Waals surface area contributed by atoms with Gasteiger partial charge < -0.3 is 5.11 Å². The van der Waals surface area contributed by atoms with E-state index in [1.807, 2.05) is 24.4 Å². The molecule has 0 bridgehead atoms. The number of rotatable bonds is 3. The molecule has 0 spiro atoms. The van der Waals surface area contributed by atoms with E-state index < -0.39 is 5.60 Å². The van der Waals surface area contributed by atoms with Crippen molar-refractivity contribution in [2.75, 3.05) is 0 Å². The molecule has 2 heteroatoms. The molecule has 0 saturated heterocycles. The molecular formula is C16H25NO. The monoisotopic (exact) mass is 247 g/mol. The Bertz CT molecular complexity index is 376. The molecule has 0 radical (unpaired) electrons. The largest absolute Gasteiger partial charge is 0.389 e. The van der Waals surface area contributed by atoms with Crippen molar-refractivity contribution in [1.29, 1.82) is 0 Å². The Morgan fingerprint density at radius 1 is 1.39 bits per heavy atom. The molecule has 3 unspecified atom stereocenters. The topological polar surface area (TPSA) is 33.1 Å².